The largest absolute Gasteiger partial charge is 0.326 e. The first-order chi connectivity index (χ1) is 19.1. The summed E-state index contributed by atoms with van der Waals surface area (Å²) in [4.78, 5) is 54.2. The molecule has 2 fully saturated rings. The number of rotatable bonds is 10. The molecule has 4 rings (SSSR count). The Morgan fingerprint density at radius 3 is 1.50 bits per heavy atom. The van der Waals surface area contributed by atoms with Crippen molar-refractivity contribution in [1.82, 2.24) is 9.80 Å². The molecule has 0 spiro atoms. The maximum Gasteiger partial charge on any atom is 0.267 e. The first kappa shape index (κ1) is 30.8. The molecule has 2 aliphatic heterocycles. The van der Waals surface area contributed by atoms with Gasteiger partial charge in [0, 0.05) is 46.3 Å². The Morgan fingerprint density at radius 2 is 1.12 bits per heavy atom. The van der Waals surface area contributed by atoms with Gasteiger partial charge in [-0.1, -0.05) is 92.0 Å². The van der Waals surface area contributed by atoms with Gasteiger partial charge in [0.05, 0.1) is 9.81 Å². The summed E-state index contributed by atoms with van der Waals surface area (Å²) in [6.07, 6.45) is 1.22. The van der Waals surface area contributed by atoms with Gasteiger partial charge in [0.15, 0.2) is 0 Å². The molecule has 208 valence electrons. The zero-order valence-corrected chi connectivity index (χ0v) is 27.2. The molecule has 0 unspecified atom stereocenters. The average molecular weight is 743 g/mol. The van der Waals surface area contributed by atoms with Crippen LogP contribution < -0.4 is 10.6 Å². The van der Waals surface area contributed by atoms with Crippen molar-refractivity contribution >= 4 is 123 Å². The lowest BCUT2D eigenvalue weighted by atomic mass is 10.2. The van der Waals surface area contributed by atoms with Crippen molar-refractivity contribution in [2.45, 2.75) is 25.7 Å². The molecule has 2 heterocycles. The highest BCUT2D eigenvalue weighted by Crippen LogP contribution is 2.42. The van der Waals surface area contributed by atoms with Crippen LogP contribution in [0.3, 0.4) is 0 Å². The van der Waals surface area contributed by atoms with E-state index in [2.05, 4.69) is 42.5 Å². The highest BCUT2D eigenvalue weighted by atomic mass is 79.9. The Hall–Kier alpha value is -2.10. The maximum absolute atomic E-state index is 13.1. The summed E-state index contributed by atoms with van der Waals surface area (Å²) in [5, 5.41) is 5.65. The molecule has 0 atom stereocenters. The minimum absolute atomic E-state index is 0.172. The molecule has 2 aromatic carbocycles. The van der Waals surface area contributed by atoms with Crippen LogP contribution in [-0.4, -0.2) is 55.2 Å². The second-order valence-electron chi connectivity index (χ2n) is 8.63. The molecule has 8 nitrogen and oxygen atoms in total. The van der Waals surface area contributed by atoms with Gasteiger partial charge in [-0.05, 0) is 49.2 Å². The van der Waals surface area contributed by atoms with Gasteiger partial charge in [0.2, 0.25) is 11.8 Å². The zero-order valence-electron chi connectivity index (χ0n) is 20.8. The number of halogens is 2. The number of nitrogens with one attached hydrogen (secondary N) is 2. The van der Waals surface area contributed by atoms with Crippen LogP contribution in [-0.2, 0) is 19.2 Å². The average Bonchev–Trinajstić information content (AvgIpc) is 3.33. The van der Waals surface area contributed by atoms with E-state index in [0.29, 0.717) is 32.9 Å². The van der Waals surface area contributed by atoms with Crippen molar-refractivity contribution in [3.05, 3.63) is 67.3 Å². The van der Waals surface area contributed by atoms with Crippen LogP contribution in [0, 0.1) is 0 Å². The molecule has 0 saturated carbocycles. The molecule has 2 N–H and O–H groups in total. The summed E-state index contributed by atoms with van der Waals surface area (Å²) in [5.41, 5.74) is 1.36. The van der Waals surface area contributed by atoms with Gasteiger partial charge < -0.3 is 10.6 Å². The lowest BCUT2D eigenvalue weighted by Gasteiger charge is -2.14. The monoisotopic (exact) mass is 740 g/mol. The Balaban J connectivity index is 1.28. The highest BCUT2D eigenvalue weighted by molar-refractivity contribution is 9.10. The third-order valence-electron chi connectivity index (χ3n) is 5.69. The molecule has 4 amide bonds. The zero-order chi connectivity index (χ0) is 28.8. The fraction of sp³-hybridized carbons (Fsp3) is 0.231. The number of benzene rings is 2. The van der Waals surface area contributed by atoms with E-state index in [-0.39, 0.29) is 59.4 Å². The summed E-state index contributed by atoms with van der Waals surface area (Å²) >= 11 is 19.7. The summed E-state index contributed by atoms with van der Waals surface area (Å²) in [6.45, 7) is 0.515. The molecule has 2 aliphatic rings. The number of nitrogens with zero attached hydrogens (tertiary/aromatic N) is 2. The molecule has 0 bridgehead atoms. The van der Waals surface area contributed by atoms with E-state index in [1.165, 1.54) is 9.80 Å². The molecule has 0 aliphatic carbocycles. The van der Waals surface area contributed by atoms with Gasteiger partial charge in [-0.2, -0.15) is 0 Å². The molecule has 14 heteroatoms. The third-order valence-corrected chi connectivity index (χ3v) is 9.70. The second kappa shape index (κ2) is 14.2. The molecule has 0 radical (unpaired) electrons. The van der Waals surface area contributed by atoms with E-state index < -0.39 is 0 Å². The predicted molar refractivity (Wildman–Crippen MR) is 175 cm³/mol. The van der Waals surface area contributed by atoms with Crippen molar-refractivity contribution < 1.29 is 19.2 Å². The number of hydrogen-bond donors (Lipinski definition) is 2. The van der Waals surface area contributed by atoms with Crippen LogP contribution in [0.15, 0.2) is 67.3 Å². The van der Waals surface area contributed by atoms with E-state index >= 15 is 0 Å². The van der Waals surface area contributed by atoms with Crippen LogP contribution in [0.1, 0.15) is 25.7 Å². The van der Waals surface area contributed by atoms with Gasteiger partial charge in [-0.15, -0.1) is 0 Å². The molecular weight excluding hydrogens is 720 g/mol. The van der Waals surface area contributed by atoms with Crippen LogP contribution in [0.5, 0.6) is 0 Å². The summed E-state index contributed by atoms with van der Waals surface area (Å²) in [6, 6.07) is 14.6. The highest BCUT2D eigenvalue weighted by Gasteiger charge is 2.41. The number of carbonyl (C=O) groups is 4. The smallest absolute Gasteiger partial charge is 0.267 e. The first-order valence-corrected chi connectivity index (χ1v) is 16.1. The van der Waals surface area contributed by atoms with Crippen molar-refractivity contribution in [2.75, 3.05) is 23.7 Å². The van der Waals surface area contributed by atoms with Crippen molar-refractivity contribution in [1.29, 1.82) is 0 Å². The number of thiocarbonyl (C=S) groups is 2. The number of amides is 4. The van der Waals surface area contributed by atoms with E-state index in [1.807, 2.05) is 24.3 Å². The van der Waals surface area contributed by atoms with Gasteiger partial charge in [0.25, 0.3) is 11.8 Å². The maximum atomic E-state index is 13.1. The summed E-state index contributed by atoms with van der Waals surface area (Å²) in [5.74, 6) is -1.07. The second-order valence-corrected chi connectivity index (χ2v) is 13.8. The van der Waals surface area contributed by atoms with Crippen LogP contribution >= 0.6 is 79.8 Å². The lowest BCUT2D eigenvalue weighted by Crippen LogP contribution is -2.31. The van der Waals surface area contributed by atoms with Gasteiger partial charge in [0.1, 0.15) is 8.64 Å². The van der Waals surface area contributed by atoms with Crippen LogP contribution in [0.25, 0.3) is 0 Å². The topological polar surface area (TPSA) is 98.8 Å². The predicted octanol–water partition coefficient (Wildman–Crippen LogP) is 6.28. The molecule has 2 saturated heterocycles. The summed E-state index contributed by atoms with van der Waals surface area (Å²) < 4.78 is 2.38. The first-order valence-electron chi connectivity index (χ1n) is 12.0. The van der Waals surface area contributed by atoms with Crippen molar-refractivity contribution in [3.8, 4) is 0 Å². The lowest BCUT2D eigenvalue weighted by molar-refractivity contribution is -0.124. The quantitative estimate of drug-likeness (QED) is 0.217. The normalized spacial score (nSPS) is 17.1. The van der Waals surface area contributed by atoms with Crippen molar-refractivity contribution in [2.24, 2.45) is 0 Å². The van der Waals surface area contributed by atoms with E-state index in [4.69, 9.17) is 24.4 Å². The summed E-state index contributed by atoms with van der Waals surface area (Å²) in [7, 11) is 0. The Morgan fingerprint density at radius 1 is 0.725 bits per heavy atom. The fourth-order valence-corrected chi connectivity index (χ4v) is 7.40. The van der Waals surface area contributed by atoms with E-state index in [9.17, 15) is 19.2 Å². The van der Waals surface area contributed by atoms with E-state index in [1.54, 1.807) is 24.3 Å². The Kier molecular flexibility index (Phi) is 10.9. The fourth-order valence-electron chi connectivity index (χ4n) is 3.83. The minimum Gasteiger partial charge on any atom is -0.326 e. The van der Waals surface area contributed by atoms with Crippen molar-refractivity contribution in [3.63, 3.8) is 0 Å². The SMILES string of the molecule is O=C(CCCN1C(=O)/C(=C2\SC(=S)N(CCCC(=O)Nc3cccc(Br)c3)C2=O)SC1=S)Nc1cccc(Br)c1. The van der Waals surface area contributed by atoms with Gasteiger partial charge in [-0.25, -0.2) is 0 Å². The number of hydrogen-bond acceptors (Lipinski definition) is 8. The molecule has 40 heavy (non-hydrogen) atoms. The minimum atomic E-state index is -0.365. The van der Waals surface area contributed by atoms with E-state index in [0.717, 1.165) is 32.5 Å². The molecule has 0 aromatic heterocycles. The number of carbonyl (C=O) groups excluding carboxylic acids is 4. The van der Waals surface area contributed by atoms with Crippen LogP contribution in [0.4, 0.5) is 11.4 Å². The Bertz CT molecular complexity index is 1330. The van der Waals surface area contributed by atoms with Gasteiger partial charge in [-0.3, -0.25) is 29.0 Å². The molecular formula is C26H22Br2N4O4S4. The molecule has 2 aromatic rings. The van der Waals surface area contributed by atoms with Crippen LogP contribution in [0.2, 0.25) is 0 Å². The van der Waals surface area contributed by atoms with Gasteiger partial charge >= 0.3 is 0 Å². The standard InChI is InChI=1S/C26H22Br2N4O4S4/c27-15-5-1-7-17(13-15)29-19(33)9-3-11-31-23(35)21(39-25(31)37)22-24(36)32(26(38)40-22)12-4-10-20(34)30-18-8-2-6-16(28)14-18/h1-2,5-8,13-14H,3-4,9-12H2,(H,29,33)(H,30,34)/b22-21+. The third kappa shape index (κ3) is 8.01. The Labute approximate surface area is 267 Å². The number of anilines is 2. The number of thioether (sulfide) groups is 2.